The van der Waals surface area contributed by atoms with Crippen molar-refractivity contribution in [1.29, 1.82) is 0 Å². The van der Waals surface area contributed by atoms with Gasteiger partial charge in [-0.15, -0.1) is 0 Å². The number of nitrogens with zero attached hydrogens (tertiary/aromatic N) is 2. The molecule has 1 aliphatic heterocycles. The lowest BCUT2D eigenvalue weighted by molar-refractivity contribution is -0.130. The van der Waals surface area contributed by atoms with Gasteiger partial charge in [-0.2, -0.15) is 0 Å². The average Bonchev–Trinajstić information content (AvgIpc) is 2.74. The molecule has 1 amide bonds. The standard InChI is InChI=1S/C13H27N3O/c1-11(2)12-5-8-16(9-12)10-13(17)15(3)7-4-6-14/h11-12H,4-10,14H2,1-3H3. The summed E-state index contributed by atoms with van der Waals surface area (Å²) in [6, 6.07) is 0. The predicted octanol–water partition coefficient (Wildman–Crippen LogP) is 0.772. The highest BCUT2D eigenvalue weighted by Crippen LogP contribution is 2.23. The summed E-state index contributed by atoms with van der Waals surface area (Å²) in [5, 5.41) is 0. The highest BCUT2D eigenvalue weighted by molar-refractivity contribution is 5.78. The van der Waals surface area contributed by atoms with Gasteiger partial charge >= 0.3 is 0 Å². The Bertz CT molecular complexity index is 243. The van der Waals surface area contributed by atoms with Crippen molar-refractivity contribution < 1.29 is 4.79 Å². The van der Waals surface area contributed by atoms with Crippen LogP contribution in [0.1, 0.15) is 26.7 Å². The number of carbonyl (C=O) groups is 1. The predicted molar refractivity (Wildman–Crippen MR) is 70.7 cm³/mol. The first-order valence-electron chi connectivity index (χ1n) is 6.71. The van der Waals surface area contributed by atoms with Crippen LogP contribution in [0.5, 0.6) is 0 Å². The molecule has 0 aliphatic carbocycles. The van der Waals surface area contributed by atoms with Gasteiger partial charge in [0.2, 0.25) is 5.91 Å². The van der Waals surface area contributed by atoms with Crippen LogP contribution in [-0.2, 0) is 4.79 Å². The van der Waals surface area contributed by atoms with E-state index in [1.165, 1.54) is 6.42 Å². The molecule has 0 radical (unpaired) electrons. The smallest absolute Gasteiger partial charge is 0.236 e. The van der Waals surface area contributed by atoms with Crippen LogP contribution < -0.4 is 5.73 Å². The van der Waals surface area contributed by atoms with Crippen molar-refractivity contribution in [2.45, 2.75) is 26.7 Å². The van der Waals surface area contributed by atoms with Crippen LogP contribution in [0.25, 0.3) is 0 Å². The Morgan fingerprint density at radius 2 is 2.24 bits per heavy atom. The summed E-state index contributed by atoms with van der Waals surface area (Å²) in [6.45, 7) is 8.68. The normalized spacial score (nSPS) is 21.1. The van der Waals surface area contributed by atoms with Gasteiger partial charge in [-0.1, -0.05) is 13.8 Å². The van der Waals surface area contributed by atoms with Crippen LogP contribution in [-0.4, -0.2) is 55.5 Å². The van der Waals surface area contributed by atoms with Crippen LogP contribution in [0.4, 0.5) is 0 Å². The van der Waals surface area contributed by atoms with Crippen molar-refractivity contribution in [3.63, 3.8) is 0 Å². The van der Waals surface area contributed by atoms with Gasteiger partial charge in [0.05, 0.1) is 6.54 Å². The van der Waals surface area contributed by atoms with E-state index in [2.05, 4.69) is 18.7 Å². The quantitative estimate of drug-likeness (QED) is 0.747. The Kier molecular flexibility index (Phi) is 5.92. The first kappa shape index (κ1) is 14.5. The molecule has 0 spiro atoms. The van der Waals surface area contributed by atoms with Gasteiger partial charge in [-0.3, -0.25) is 9.69 Å². The van der Waals surface area contributed by atoms with Crippen molar-refractivity contribution >= 4 is 5.91 Å². The van der Waals surface area contributed by atoms with E-state index in [0.29, 0.717) is 13.1 Å². The van der Waals surface area contributed by atoms with Crippen LogP contribution in [0.2, 0.25) is 0 Å². The Labute approximate surface area is 105 Å². The molecule has 1 fully saturated rings. The van der Waals surface area contributed by atoms with Gasteiger partial charge in [0.25, 0.3) is 0 Å². The molecule has 1 heterocycles. The third-order valence-corrected chi connectivity index (χ3v) is 3.73. The van der Waals surface area contributed by atoms with Crippen LogP contribution in [0.15, 0.2) is 0 Å². The first-order chi connectivity index (χ1) is 8.04. The summed E-state index contributed by atoms with van der Waals surface area (Å²) in [4.78, 5) is 16.0. The monoisotopic (exact) mass is 241 g/mol. The lowest BCUT2D eigenvalue weighted by atomic mass is 9.95. The SMILES string of the molecule is CC(C)C1CCN(CC(=O)N(C)CCCN)C1. The number of hydrogen-bond acceptors (Lipinski definition) is 3. The Balaban J connectivity index is 2.28. The highest BCUT2D eigenvalue weighted by atomic mass is 16.2. The largest absolute Gasteiger partial charge is 0.345 e. The maximum absolute atomic E-state index is 11.9. The third-order valence-electron chi connectivity index (χ3n) is 3.73. The Morgan fingerprint density at radius 1 is 1.53 bits per heavy atom. The fourth-order valence-corrected chi connectivity index (χ4v) is 2.32. The summed E-state index contributed by atoms with van der Waals surface area (Å²) < 4.78 is 0. The topological polar surface area (TPSA) is 49.6 Å². The molecule has 4 nitrogen and oxygen atoms in total. The van der Waals surface area contributed by atoms with Crippen molar-refractivity contribution in [3.05, 3.63) is 0 Å². The van der Waals surface area contributed by atoms with E-state index >= 15 is 0 Å². The zero-order valence-electron chi connectivity index (χ0n) is 11.5. The Morgan fingerprint density at radius 3 is 2.76 bits per heavy atom. The summed E-state index contributed by atoms with van der Waals surface area (Å²) in [6.07, 6.45) is 2.12. The third kappa shape index (κ3) is 4.64. The number of likely N-dealkylation sites (tertiary alicyclic amines) is 1. The molecule has 1 atom stereocenters. The lowest BCUT2D eigenvalue weighted by Crippen LogP contribution is -2.38. The second-order valence-electron chi connectivity index (χ2n) is 5.49. The molecule has 2 N–H and O–H groups in total. The van der Waals surface area contributed by atoms with Gasteiger partial charge in [0.15, 0.2) is 0 Å². The minimum Gasteiger partial charge on any atom is -0.345 e. The summed E-state index contributed by atoms with van der Waals surface area (Å²) >= 11 is 0. The molecule has 4 heteroatoms. The molecule has 100 valence electrons. The highest BCUT2D eigenvalue weighted by Gasteiger charge is 2.26. The number of carbonyl (C=O) groups excluding carboxylic acids is 1. The second kappa shape index (κ2) is 6.97. The van der Waals surface area contributed by atoms with E-state index in [1.54, 1.807) is 4.90 Å². The van der Waals surface area contributed by atoms with Gasteiger partial charge in [0, 0.05) is 20.1 Å². The number of rotatable bonds is 6. The minimum absolute atomic E-state index is 0.225. The number of nitrogens with two attached hydrogens (primary N) is 1. The Hall–Kier alpha value is -0.610. The maximum atomic E-state index is 11.9. The summed E-state index contributed by atoms with van der Waals surface area (Å²) in [5.41, 5.74) is 5.44. The van der Waals surface area contributed by atoms with E-state index in [9.17, 15) is 4.79 Å². The molecule has 1 unspecified atom stereocenters. The molecule has 0 aromatic rings. The zero-order valence-corrected chi connectivity index (χ0v) is 11.5. The van der Waals surface area contributed by atoms with E-state index in [-0.39, 0.29) is 5.91 Å². The number of likely N-dealkylation sites (N-methyl/N-ethyl adjacent to an activating group) is 1. The van der Waals surface area contributed by atoms with Crippen molar-refractivity contribution in [1.82, 2.24) is 9.80 Å². The molecule has 1 aliphatic rings. The van der Waals surface area contributed by atoms with Gasteiger partial charge in [-0.25, -0.2) is 0 Å². The van der Waals surface area contributed by atoms with Crippen LogP contribution >= 0.6 is 0 Å². The van der Waals surface area contributed by atoms with Crippen molar-refractivity contribution in [3.8, 4) is 0 Å². The molecular formula is C13H27N3O. The molecule has 17 heavy (non-hydrogen) atoms. The fraction of sp³-hybridized carbons (Fsp3) is 0.923. The summed E-state index contributed by atoms with van der Waals surface area (Å²) in [7, 11) is 1.87. The van der Waals surface area contributed by atoms with Gasteiger partial charge < -0.3 is 10.6 Å². The summed E-state index contributed by atoms with van der Waals surface area (Å²) in [5.74, 6) is 1.71. The first-order valence-corrected chi connectivity index (χ1v) is 6.71. The maximum Gasteiger partial charge on any atom is 0.236 e. The van der Waals surface area contributed by atoms with Gasteiger partial charge in [0.1, 0.15) is 0 Å². The molecule has 1 rings (SSSR count). The van der Waals surface area contributed by atoms with Crippen LogP contribution in [0, 0.1) is 11.8 Å². The molecule has 0 aromatic carbocycles. The van der Waals surface area contributed by atoms with E-state index in [4.69, 9.17) is 5.73 Å². The zero-order chi connectivity index (χ0) is 12.8. The van der Waals surface area contributed by atoms with E-state index in [0.717, 1.165) is 37.9 Å². The lowest BCUT2D eigenvalue weighted by Gasteiger charge is -2.22. The molecule has 0 bridgehead atoms. The van der Waals surface area contributed by atoms with Crippen molar-refractivity contribution in [2.24, 2.45) is 17.6 Å². The van der Waals surface area contributed by atoms with Crippen molar-refractivity contribution in [2.75, 3.05) is 39.8 Å². The molecular weight excluding hydrogens is 214 g/mol. The minimum atomic E-state index is 0.225. The van der Waals surface area contributed by atoms with Crippen LogP contribution in [0.3, 0.4) is 0 Å². The average molecular weight is 241 g/mol. The van der Waals surface area contributed by atoms with E-state index in [1.807, 2.05) is 7.05 Å². The van der Waals surface area contributed by atoms with E-state index < -0.39 is 0 Å². The second-order valence-corrected chi connectivity index (χ2v) is 5.49. The fourth-order valence-electron chi connectivity index (χ4n) is 2.32. The molecule has 1 saturated heterocycles. The molecule has 0 aromatic heterocycles. The number of amides is 1. The van der Waals surface area contributed by atoms with Gasteiger partial charge in [-0.05, 0) is 37.8 Å². The number of hydrogen-bond donors (Lipinski definition) is 1. The molecule has 0 saturated carbocycles.